The second-order valence-electron chi connectivity index (χ2n) is 7.05. The highest BCUT2D eigenvalue weighted by Gasteiger charge is 2.21. The summed E-state index contributed by atoms with van der Waals surface area (Å²) in [5, 5.41) is 6.47. The lowest BCUT2D eigenvalue weighted by atomic mass is 10.1. The molecule has 0 bridgehead atoms. The van der Waals surface area contributed by atoms with Gasteiger partial charge < -0.3 is 9.84 Å². The molecule has 31 heavy (non-hydrogen) atoms. The summed E-state index contributed by atoms with van der Waals surface area (Å²) in [5.74, 6) is -0.484. The van der Waals surface area contributed by atoms with E-state index in [0.29, 0.717) is 35.0 Å². The Morgan fingerprint density at radius 3 is 2.61 bits per heavy atom. The zero-order valence-corrected chi connectivity index (χ0v) is 18.3. The van der Waals surface area contributed by atoms with Crippen molar-refractivity contribution >= 4 is 15.9 Å². The van der Waals surface area contributed by atoms with E-state index in [-0.39, 0.29) is 17.0 Å². The predicted octanol–water partition coefficient (Wildman–Crippen LogP) is 2.11. The van der Waals surface area contributed by atoms with Crippen LogP contribution in [-0.4, -0.2) is 54.4 Å². The molecule has 0 atom stereocenters. The van der Waals surface area contributed by atoms with Gasteiger partial charge in [0.2, 0.25) is 10.0 Å². The van der Waals surface area contributed by atoms with Crippen molar-refractivity contribution < 1.29 is 22.1 Å². The fraction of sp³-hybridized carbons (Fsp3) is 0.300. The number of rotatable bonds is 7. The lowest BCUT2D eigenvalue weighted by Crippen LogP contribution is -2.28. The van der Waals surface area contributed by atoms with Crippen molar-refractivity contribution in [1.82, 2.24) is 24.7 Å². The van der Waals surface area contributed by atoms with Crippen molar-refractivity contribution in [2.24, 2.45) is 0 Å². The van der Waals surface area contributed by atoms with Crippen LogP contribution in [0.4, 0.5) is 4.39 Å². The van der Waals surface area contributed by atoms with E-state index in [1.54, 1.807) is 26.1 Å². The molecule has 1 aromatic carbocycles. The number of aryl methyl sites for hydroxylation is 2. The van der Waals surface area contributed by atoms with Crippen LogP contribution in [0.2, 0.25) is 0 Å². The monoisotopic (exact) mass is 447 g/mol. The van der Waals surface area contributed by atoms with Gasteiger partial charge in [-0.25, -0.2) is 27.1 Å². The Bertz CT molecular complexity index is 1220. The summed E-state index contributed by atoms with van der Waals surface area (Å²) in [4.78, 5) is 20.9. The third-order valence-corrected chi connectivity index (χ3v) is 6.30. The molecule has 1 amide bonds. The second-order valence-corrected chi connectivity index (χ2v) is 9.20. The highest BCUT2D eigenvalue weighted by atomic mass is 32.2. The molecule has 11 heteroatoms. The smallest absolute Gasteiger partial charge is 0.254 e. The van der Waals surface area contributed by atoms with Crippen LogP contribution in [0.1, 0.15) is 27.6 Å². The van der Waals surface area contributed by atoms with Crippen LogP contribution < -0.4 is 5.32 Å². The van der Waals surface area contributed by atoms with Crippen LogP contribution in [0.3, 0.4) is 0 Å². The van der Waals surface area contributed by atoms with Crippen LogP contribution in [0.25, 0.3) is 11.3 Å². The minimum absolute atomic E-state index is 0.138. The molecule has 0 aliphatic heterocycles. The van der Waals surface area contributed by atoms with Crippen molar-refractivity contribution in [3.05, 3.63) is 59.1 Å². The van der Waals surface area contributed by atoms with Gasteiger partial charge in [0.15, 0.2) is 5.76 Å². The molecule has 0 fully saturated rings. The third kappa shape index (κ3) is 4.94. The van der Waals surface area contributed by atoms with Crippen LogP contribution in [0.5, 0.6) is 0 Å². The number of hydrogen-bond donors (Lipinski definition) is 1. The van der Waals surface area contributed by atoms with Crippen molar-refractivity contribution in [2.75, 3.05) is 20.6 Å². The van der Waals surface area contributed by atoms with Crippen molar-refractivity contribution in [2.45, 2.75) is 25.2 Å². The molecule has 164 valence electrons. The van der Waals surface area contributed by atoms with Gasteiger partial charge >= 0.3 is 0 Å². The molecular weight excluding hydrogens is 425 g/mol. The average molecular weight is 447 g/mol. The van der Waals surface area contributed by atoms with Crippen LogP contribution in [0, 0.1) is 19.7 Å². The van der Waals surface area contributed by atoms with E-state index in [9.17, 15) is 17.6 Å². The largest absolute Gasteiger partial charge is 0.356 e. The number of hydrogen-bond acceptors (Lipinski definition) is 7. The first kappa shape index (κ1) is 22.5. The van der Waals surface area contributed by atoms with Gasteiger partial charge in [-0.1, -0.05) is 5.16 Å². The maximum atomic E-state index is 14.2. The van der Waals surface area contributed by atoms with E-state index in [4.69, 9.17) is 4.52 Å². The zero-order chi connectivity index (χ0) is 22.8. The number of benzene rings is 1. The normalized spacial score (nSPS) is 11.7. The minimum Gasteiger partial charge on any atom is -0.356 e. The lowest BCUT2D eigenvalue weighted by molar-refractivity contribution is 0.0950. The standard InChI is InChI=1S/C20H22FN5O4S/c1-12-9-19(30-25-12)16-11-23-13(2)24-18(16)7-8-22-20(27)15-10-14(5-6-17(15)21)31(28,29)26(3)4/h5-6,9-11H,7-8H2,1-4H3,(H,22,27). The highest BCUT2D eigenvalue weighted by Crippen LogP contribution is 2.23. The molecule has 9 nitrogen and oxygen atoms in total. The molecule has 0 aliphatic carbocycles. The molecule has 0 radical (unpaired) electrons. The fourth-order valence-corrected chi connectivity index (χ4v) is 3.77. The number of nitrogens with one attached hydrogen (secondary N) is 1. The van der Waals surface area contributed by atoms with E-state index in [2.05, 4.69) is 20.4 Å². The first-order chi connectivity index (χ1) is 14.6. The minimum atomic E-state index is -3.80. The van der Waals surface area contributed by atoms with Gasteiger partial charge in [-0.2, -0.15) is 0 Å². The van der Waals surface area contributed by atoms with E-state index in [1.165, 1.54) is 14.1 Å². The molecule has 3 aromatic rings. The number of aromatic nitrogens is 3. The molecular formula is C20H22FN5O4S. The first-order valence-corrected chi connectivity index (χ1v) is 10.8. The topological polar surface area (TPSA) is 118 Å². The summed E-state index contributed by atoms with van der Waals surface area (Å²) in [6.45, 7) is 3.67. The predicted molar refractivity (Wildman–Crippen MR) is 110 cm³/mol. The van der Waals surface area contributed by atoms with Gasteiger partial charge in [0.1, 0.15) is 11.6 Å². The van der Waals surface area contributed by atoms with Gasteiger partial charge in [-0.15, -0.1) is 0 Å². The van der Waals surface area contributed by atoms with Crippen LogP contribution in [0.15, 0.2) is 39.9 Å². The number of amides is 1. The molecule has 1 N–H and O–H groups in total. The summed E-state index contributed by atoms with van der Waals surface area (Å²) >= 11 is 0. The lowest BCUT2D eigenvalue weighted by Gasteiger charge is -2.13. The number of carbonyl (C=O) groups is 1. The number of halogens is 1. The van der Waals surface area contributed by atoms with Crippen LogP contribution in [-0.2, 0) is 16.4 Å². The maximum absolute atomic E-state index is 14.2. The summed E-state index contributed by atoms with van der Waals surface area (Å²) in [6.07, 6.45) is 1.94. The summed E-state index contributed by atoms with van der Waals surface area (Å²) in [5.41, 5.74) is 1.63. The molecule has 2 aromatic heterocycles. The molecule has 0 saturated heterocycles. The van der Waals surface area contributed by atoms with E-state index in [1.807, 2.05) is 0 Å². The fourth-order valence-electron chi connectivity index (χ4n) is 2.84. The molecule has 0 unspecified atom stereocenters. The van der Waals surface area contributed by atoms with Crippen molar-refractivity contribution in [3.63, 3.8) is 0 Å². The first-order valence-electron chi connectivity index (χ1n) is 9.36. The summed E-state index contributed by atoms with van der Waals surface area (Å²) in [6, 6.07) is 4.86. The molecule has 3 rings (SSSR count). The van der Waals surface area contributed by atoms with E-state index >= 15 is 0 Å². The molecule has 0 saturated carbocycles. The second kappa shape index (κ2) is 8.90. The SMILES string of the molecule is Cc1cc(-c2cnc(C)nc2CCNC(=O)c2cc(S(=O)(=O)N(C)C)ccc2F)on1. The Balaban J connectivity index is 1.77. The number of carbonyl (C=O) groups excluding carboxylic acids is 1. The van der Waals surface area contributed by atoms with Gasteiger partial charge in [0.05, 0.1) is 27.4 Å². The Labute approximate surface area is 179 Å². The molecule has 0 spiro atoms. The van der Waals surface area contributed by atoms with E-state index in [0.717, 1.165) is 22.5 Å². The average Bonchev–Trinajstić information content (AvgIpc) is 3.14. The van der Waals surface area contributed by atoms with Crippen molar-refractivity contribution in [1.29, 1.82) is 0 Å². The van der Waals surface area contributed by atoms with Gasteiger partial charge in [-0.3, -0.25) is 4.79 Å². The quantitative estimate of drug-likeness (QED) is 0.589. The third-order valence-electron chi connectivity index (χ3n) is 4.49. The Morgan fingerprint density at radius 1 is 1.23 bits per heavy atom. The Kier molecular flexibility index (Phi) is 6.46. The maximum Gasteiger partial charge on any atom is 0.254 e. The highest BCUT2D eigenvalue weighted by molar-refractivity contribution is 7.89. The Morgan fingerprint density at radius 2 is 1.97 bits per heavy atom. The van der Waals surface area contributed by atoms with E-state index < -0.39 is 21.7 Å². The molecule has 0 aliphatic rings. The van der Waals surface area contributed by atoms with Crippen molar-refractivity contribution in [3.8, 4) is 11.3 Å². The summed E-state index contributed by atoms with van der Waals surface area (Å²) in [7, 11) is -1.09. The number of sulfonamides is 1. The van der Waals surface area contributed by atoms with Gasteiger partial charge in [-0.05, 0) is 32.0 Å². The van der Waals surface area contributed by atoms with Gasteiger partial charge in [0.25, 0.3) is 5.91 Å². The summed E-state index contributed by atoms with van der Waals surface area (Å²) < 4.78 is 45.0. The Hall–Kier alpha value is -3.18. The van der Waals surface area contributed by atoms with Gasteiger partial charge in [0, 0.05) is 39.3 Å². The molecule has 2 heterocycles. The number of nitrogens with zero attached hydrogens (tertiary/aromatic N) is 4. The zero-order valence-electron chi connectivity index (χ0n) is 17.5. The van der Waals surface area contributed by atoms with Crippen LogP contribution >= 0.6 is 0 Å².